The van der Waals surface area contributed by atoms with Crippen molar-refractivity contribution >= 4 is 6.03 Å². The summed E-state index contributed by atoms with van der Waals surface area (Å²) in [5.41, 5.74) is 0. The molecule has 5 heteroatoms. The number of nitrogens with one attached hydrogen (secondary N) is 1. The minimum atomic E-state index is 0.118. The van der Waals surface area contributed by atoms with Gasteiger partial charge in [-0.05, 0) is 25.8 Å². The molecule has 0 unspecified atom stereocenters. The molecule has 0 aromatic heterocycles. The third-order valence-corrected chi connectivity index (χ3v) is 3.14. The van der Waals surface area contributed by atoms with Crippen LogP contribution in [0.25, 0.3) is 0 Å². The maximum Gasteiger partial charge on any atom is 0.319 e. The normalized spacial score (nSPS) is 16.4. The van der Waals surface area contributed by atoms with Crippen LogP contribution in [0.3, 0.4) is 0 Å². The summed E-state index contributed by atoms with van der Waals surface area (Å²) in [5.74, 6) is 0. The van der Waals surface area contributed by atoms with Gasteiger partial charge in [-0.25, -0.2) is 4.79 Å². The van der Waals surface area contributed by atoms with Crippen LogP contribution in [0.1, 0.15) is 19.3 Å². The van der Waals surface area contributed by atoms with Crippen LogP contribution in [-0.4, -0.2) is 62.2 Å². The van der Waals surface area contributed by atoms with Gasteiger partial charge in [-0.3, -0.25) is 0 Å². The number of likely N-dealkylation sites (tertiary alicyclic amines) is 1. The molecule has 0 radical (unpaired) electrons. The first-order chi connectivity index (χ1) is 8.65. The molecular weight excluding hydrogens is 230 g/mol. The molecule has 1 N–H and O–H groups in total. The highest BCUT2D eigenvalue weighted by molar-refractivity contribution is 5.73. The van der Waals surface area contributed by atoms with Gasteiger partial charge in [0.25, 0.3) is 0 Å². The van der Waals surface area contributed by atoms with Gasteiger partial charge in [-0.15, -0.1) is 0 Å². The molecule has 1 saturated heterocycles. The van der Waals surface area contributed by atoms with E-state index in [1.54, 1.807) is 19.0 Å². The minimum Gasteiger partial charge on any atom is -0.502 e. The molecular formula is C13H25N3O2. The highest BCUT2D eigenvalue weighted by Crippen LogP contribution is 2.11. The lowest BCUT2D eigenvalue weighted by molar-refractivity contribution is 0.152. The van der Waals surface area contributed by atoms with E-state index in [4.69, 9.17) is 4.74 Å². The highest BCUT2D eigenvalue weighted by Gasteiger charge is 2.22. The summed E-state index contributed by atoms with van der Waals surface area (Å²) in [7, 11) is 3.60. The second-order valence-corrected chi connectivity index (χ2v) is 4.78. The summed E-state index contributed by atoms with van der Waals surface area (Å²) in [6.07, 6.45) is 4.53. The number of ether oxygens (including phenoxy) is 1. The molecule has 0 bridgehead atoms. The third kappa shape index (κ3) is 4.96. The molecule has 1 aliphatic heterocycles. The highest BCUT2D eigenvalue weighted by atomic mass is 16.5. The Labute approximate surface area is 110 Å². The monoisotopic (exact) mass is 255 g/mol. The standard InChI is InChI=1S/C13H25N3O2/c1-4-18-11-5-8-14-12-6-9-16(10-7-12)13(17)15(2)3/h4,12,14H,1,5-11H2,2-3H3. The number of urea groups is 1. The Morgan fingerprint density at radius 3 is 2.72 bits per heavy atom. The molecule has 1 fully saturated rings. The van der Waals surface area contributed by atoms with Crippen molar-refractivity contribution in [3.8, 4) is 0 Å². The molecule has 0 saturated carbocycles. The van der Waals surface area contributed by atoms with E-state index in [0.717, 1.165) is 38.9 Å². The van der Waals surface area contributed by atoms with Crippen molar-refractivity contribution in [3.05, 3.63) is 12.8 Å². The van der Waals surface area contributed by atoms with Gasteiger partial charge in [0.1, 0.15) is 0 Å². The van der Waals surface area contributed by atoms with E-state index in [0.29, 0.717) is 12.6 Å². The maximum atomic E-state index is 11.7. The van der Waals surface area contributed by atoms with Crippen molar-refractivity contribution < 1.29 is 9.53 Å². The SMILES string of the molecule is C=COCCCNC1CCN(C(=O)N(C)C)CC1. The summed E-state index contributed by atoms with van der Waals surface area (Å²) < 4.78 is 5.06. The van der Waals surface area contributed by atoms with E-state index >= 15 is 0 Å². The lowest BCUT2D eigenvalue weighted by Crippen LogP contribution is -2.48. The predicted molar refractivity (Wildman–Crippen MR) is 72.4 cm³/mol. The van der Waals surface area contributed by atoms with Gasteiger partial charge in [0.2, 0.25) is 0 Å². The van der Waals surface area contributed by atoms with Gasteiger partial charge in [0.05, 0.1) is 12.9 Å². The van der Waals surface area contributed by atoms with Crippen molar-refractivity contribution in [2.75, 3.05) is 40.3 Å². The molecule has 1 aliphatic rings. The van der Waals surface area contributed by atoms with Gasteiger partial charge < -0.3 is 19.9 Å². The quantitative estimate of drug-likeness (QED) is 0.574. The zero-order valence-corrected chi connectivity index (χ0v) is 11.5. The van der Waals surface area contributed by atoms with E-state index < -0.39 is 0 Å². The molecule has 0 spiro atoms. The van der Waals surface area contributed by atoms with Crippen molar-refractivity contribution in [3.63, 3.8) is 0 Å². The molecule has 2 amide bonds. The fourth-order valence-corrected chi connectivity index (χ4v) is 2.10. The number of carbonyl (C=O) groups excluding carboxylic acids is 1. The van der Waals surface area contributed by atoms with Crippen LogP contribution in [-0.2, 0) is 4.74 Å². The summed E-state index contributed by atoms with van der Waals surface area (Å²) in [5, 5.41) is 3.50. The summed E-state index contributed by atoms with van der Waals surface area (Å²) in [6, 6.07) is 0.646. The largest absolute Gasteiger partial charge is 0.502 e. The van der Waals surface area contributed by atoms with Gasteiger partial charge in [0.15, 0.2) is 0 Å². The number of carbonyl (C=O) groups is 1. The van der Waals surface area contributed by atoms with Crippen molar-refractivity contribution in [2.24, 2.45) is 0 Å². The summed E-state index contributed by atoms with van der Waals surface area (Å²) in [6.45, 7) is 6.87. The lowest BCUT2D eigenvalue weighted by atomic mass is 10.1. The molecule has 0 aliphatic carbocycles. The van der Waals surface area contributed by atoms with Crippen LogP contribution in [0, 0.1) is 0 Å². The van der Waals surface area contributed by atoms with E-state index in [2.05, 4.69) is 11.9 Å². The third-order valence-electron chi connectivity index (χ3n) is 3.14. The first-order valence-corrected chi connectivity index (χ1v) is 6.57. The molecule has 1 rings (SSSR count). The second-order valence-electron chi connectivity index (χ2n) is 4.78. The Balaban J connectivity index is 2.12. The Morgan fingerprint density at radius 2 is 2.17 bits per heavy atom. The van der Waals surface area contributed by atoms with E-state index in [-0.39, 0.29) is 6.03 Å². The van der Waals surface area contributed by atoms with E-state index in [1.165, 1.54) is 6.26 Å². The molecule has 0 aromatic rings. The number of hydrogen-bond acceptors (Lipinski definition) is 3. The minimum absolute atomic E-state index is 0.118. The van der Waals surface area contributed by atoms with Crippen molar-refractivity contribution in [1.82, 2.24) is 15.1 Å². The van der Waals surface area contributed by atoms with Crippen LogP contribution in [0.15, 0.2) is 12.8 Å². The first-order valence-electron chi connectivity index (χ1n) is 6.57. The molecule has 104 valence electrons. The van der Waals surface area contributed by atoms with Crippen LogP contribution in [0.2, 0.25) is 0 Å². The smallest absolute Gasteiger partial charge is 0.319 e. The topological polar surface area (TPSA) is 44.8 Å². The fourth-order valence-electron chi connectivity index (χ4n) is 2.10. The van der Waals surface area contributed by atoms with Gasteiger partial charge >= 0.3 is 6.03 Å². The van der Waals surface area contributed by atoms with Crippen LogP contribution >= 0.6 is 0 Å². The van der Waals surface area contributed by atoms with Gasteiger partial charge in [0, 0.05) is 33.2 Å². The number of piperidine rings is 1. The maximum absolute atomic E-state index is 11.7. The van der Waals surface area contributed by atoms with Gasteiger partial charge in [-0.1, -0.05) is 6.58 Å². The number of nitrogens with zero attached hydrogens (tertiary/aromatic N) is 2. The molecule has 18 heavy (non-hydrogen) atoms. The van der Waals surface area contributed by atoms with Crippen LogP contribution in [0.4, 0.5) is 4.79 Å². The molecule has 5 nitrogen and oxygen atoms in total. The molecule has 0 aromatic carbocycles. The molecule has 1 heterocycles. The van der Waals surface area contributed by atoms with E-state index in [1.807, 2.05) is 4.90 Å². The average Bonchev–Trinajstić information content (AvgIpc) is 2.38. The zero-order chi connectivity index (χ0) is 13.4. The molecule has 0 atom stereocenters. The predicted octanol–water partition coefficient (Wildman–Crippen LogP) is 1.27. The fraction of sp³-hybridized carbons (Fsp3) is 0.769. The van der Waals surface area contributed by atoms with E-state index in [9.17, 15) is 4.79 Å². The Hall–Kier alpha value is -1.23. The number of rotatable bonds is 6. The lowest BCUT2D eigenvalue weighted by Gasteiger charge is -2.34. The van der Waals surface area contributed by atoms with Crippen molar-refractivity contribution in [2.45, 2.75) is 25.3 Å². The van der Waals surface area contributed by atoms with Gasteiger partial charge in [-0.2, -0.15) is 0 Å². The van der Waals surface area contributed by atoms with Crippen LogP contribution < -0.4 is 5.32 Å². The first kappa shape index (κ1) is 14.8. The second kappa shape index (κ2) is 7.97. The number of amides is 2. The van der Waals surface area contributed by atoms with Crippen LogP contribution in [0.5, 0.6) is 0 Å². The van der Waals surface area contributed by atoms with Crippen molar-refractivity contribution in [1.29, 1.82) is 0 Å². The number of hydrogen-bond donors (Lipinski definition) is 1. The average molecular weight is 255 g/mol. The summed E-state index contributed by atoms with van der Waals surface area (Å²) >= 11 is 0. The Kier molecular flexibility index (Phi) is 6.57. The summed E-state index contributed by atoms with van der Waals surface area (Å²) in [4.78, 5) is 15.3. The Morgan fingerprint density at radius 1 is 1.50 bits per heavy atom. The Bertz CT molecular complexity index is 261. The zero-order valence-electron chi connectivity index (χ0n) is 11.5.